The largest absolute Gasteiger partial charge is 0.465 e. The summed E-state index contributed by atoms with van der Waals surface area (Å²) in [6.45, 7) is 3.86. The highest BCUT2D eigenvalue weighted by Crippen LogP contribution is 2.28. The summed E-state index contributed by atoms with van der Waals surface area (Å²) in [5, 5.41) is 3.84. The van der Waals surface area contributed by atoms with E-state index in [0.29, 0.717) is 28.9 Å². The van der Waals surface area contributed by atoms with E-state index in [1.54, 1.807) is 13.0 Å². The average Bonchev–Trinajstić information content (AvgIpc) is 2.89. The Morgan fingerprint density at radius 3 is 2.86 bits per heavy atom. The first-order valence-electron chi connectivity index (χ1n) is 6.52. The Kier molecular flexibility index (Phi) is 5.06. The van der Waals surface area contributed by atoms with Crippen molar-refractivity contribution in [2.24, 2.45) is 0 Å². The van der Waals surface area contributed by atoms with Crippen LogP contribution in [0.15, 0.2) is 27.2 Å². The number of carbonyl (C=O) groups is 1. The van der Waals surface area contributed by atoms with Gasteiger partial charge in [-0.2, -0.15) is 4.98 Å². The molecule has 112 valence electrons. The highest BCUT2D eigenvalue weighted by molar-refractivity contribution is 9.10. The Labute approximate surface area is 129 Å². The fraction of sp³-hybridized carbons (Fsp3) is 0.357. The molecule has 1 atom stereocenters. The molecule has 1 heterocycles. The molecule has 21 heavy (non-hydrogen) atoms. The summed E-state index contributed by atoms with van der Waals surface area (Å²) in [5.41, 5.74) is 0.588. The van der Waals surface area contributed by atoms with Crippen molar-refractivity contribution in [3.8, 4) is 11.4 Å². The molecule has 1 unspecified atom stereocenters. The Bertz CT molecular complexity index is 645. The topological polar surface area (TPSA) is 65.2 Å². The first-order valence-corrected chi connectivity index (χ1v) is 7.31. The summed E-state index contributed by atoms with van der Waals surface area (Å²) in [6.07, 6.45) is 0.491. The number of carbonyl (C=O) groups excluding carboxylic acids is 1. The number of benzene rings is 1. The van der Waals surface area contributed by atoms with E-state index in [-0.39, 0.29) is 11.7 Å². The van der Waals surface area contributed by atoms with Crippen LogP contribution in [-0.4, -0.2) is 22.7 Å². The minimum Gasteiger partial charge on any atom is -0.465 e. The molecular weight excluding hydrogens is 343 g/mol. The lowest BCUT2D eigenvalue weighted by atomic mass is 10.1. The maximum atomic E-state index is 13.1. The number of hydrogen-bond acceptors (Lipinski definition) is 5. The summed E-state index contributed by atoms with van der Waals surface area (Å²) in [5.74, 6) is -0.868. The highest BCUT2D eigenvalue weighted by atomic mass is 79.9. The Morgan fingerprint density at radius 1 is 1.48 bits per heavy atom. The molecule has 0 spiro atoms. The predicted octanol–water partition coefficient (Wildman–Crippen LogP) is 3.69. The van der Waals surface area contributed by atoms with Crippen LogP contribution in [-0.2, 0) is 9.53 Å². The van der Waals surface area contributed by atoms with E-state index in [4.69, 9.17) is 9.26 Å². The lowest BCUT2D eigenvalue weighted by molar-refractivity contribution is -0.145. The number of halogens is 2. The second kappa shape index (κ2) is 6.80. The molecule has 0 amide bonds. The molecule has 0 aliphatic rings. The second-order valence-electron chi connectivity index (χ2n) is 4.29. The first-order chi connectivity index (χ1) is 10.1. The van der Waals surface area contributed by atoms with Gasteiger partial charge in [-0.25, -0.2) is 4.39 Å². The van der Waals surface area contributed by atoms with E-state index in [1.807, 2.05) is 6.92 Å². The third-order valence-corrected chi connectivity index (χ3v) is 3.55. The van der Waals surface area contributed by atoms with Crippen LogP contribution in [0, 0.1) is 5.82 Å². The molecule has 5 nitrogen and oxygen atoms in total. The molecule has 2 aromatic rings. The van der Waals surface area contributed by atoms with Crippen molar-refractivity contribution >= 4 is 21.9 Å². The van der Waals surface area contributed by atoms with Gasteiger partial charge in [-0.05, 0) is 47.5 Å². The van der Waals surface area contributed by atoms with Gasteiger partial charge < -0.3 is 9.26 Å². The molecule has 1 aromatic heterocycles. The van der Waals surface area contributed by atoms with Crippen LogP contribution in [0.1, 0.15) is 32.1 Å². The zero-order chi connectivity index (χ0) is 15.4. The Balaban J connectivity index is 2.30. The van der Waals surface area contributed by atoms with Gasteiger partial charge in [0.1, 0.15) is 11.7 Å². The monoisotopic (exact) mass is 356 g/mol. The third-order valence-electron chi connectivity index (χ3n) is 2.89. The summed E-state index contributed by atoms with van der Waals surface area (Å²) in [6, 6.07) is 4.16. The van der Waals surface area contributed by atoms with Crippen molar-refractivity contribution in [3.05, 3.63) is 34.4 Å². The van der Waals surface area contributed by atoms with E-state index < -0.39 is 11.9 Å². The van der Waals surface area contributed by atoms with Crippen LogP contribution in [0.3, 0.4) is 0 Å². The van der Waals surface area contributed by atoms with E-state index in [9.17, 15) is 9.18 Å². The third kappa shape index (κ3) is 3.47. The van der Waals surface area contributed by atoms with Gasteiger partial charge in [-0.3, -0.25) is 4.79 Å². The summed E-state index contributed by atoms with van der Waals surface area (Å²) in [4.78, 5) is 16.0. The van der Waals surface area contributed by atoms with E-state index in [1.165, 1.54) is 12.1 Å². The van der Waals surface area contributed by atoms with Crippen molar-refractivity contribution in [2.45, 2.75) is 26.2 Å². The van der Waals surface area contributed by atoms with Crippen molar-refractivity contribution in [1.82, 2.24) is 10.1 Å². The average molecular weight is 357 g/mol. The molecule has 0 saturated heterocycles. The van der Waals surface area contributed by atoms with E-state index in [0.717, 1.165) is 0 Å². The molecule has 0 saturated carbocycles. The smallest absolute Gasteiger partial charge is 0.318 e. The number of rotatable bonds is 5. The fourth-order valence-electron chi connectivity index (χ4n) is 1.84. The molecular formula is C14H14BrFN2O3. The van der Waals surface area contributed by atoms with Crippen molar-refractivity contribution in [2.75, 3.05) is 6.61 Å². The van der Waals surface area contributed by atoms with Crippen LogP contribution in [0.4, 0.5) is 4.39 Å². The van der Waals surface area contributed by atoms with Crippen LogP contribution in [0.5, 0.6) is 0 Å². The number of nitrogens with zero attached hydrogens (tertiary/aromatic N) is 2. The maximum absolute atomic E-state index is 13.1. The van der Waals surface area contributed by atoms with Gasteiger partial charge in [0, 0.05) is 10.0 Å². The van der Waals surface area contributed by atoms with Crippen molar-refractivity contribution in [3.63, 3.8) is 0 Å². The van der Waals surface area contributed by atoms with E-state index >= 15 is 0 Å². The van der Waals surface area contributed by atoms with E-state index in [2.05, 4.69) is 26.1 Å². The highest BCUT2D eigenvalue weighted by Gasteiger charge is 2.26. The van der Waals surface area contributed by atoms with Gasteiger partial charge in [-0.1, -0.05) is 12.1 Å². The molecule has 7 heteroatoms. The normalized spacial score (nSPS) is 12.2. The lowest BCUT2D eigenvalue weighted by Crippen LogP contribution is -2.15. The lowest BCUT2D eigenvalue weighted by Gasteiger charge is -2.08. The van der Waals surface area contributed by atoms with Crippen molar-refractivity contribution < 1.29 is 18.4 Å². The maximum Gasteiger partial charge on any atom is 0.318 e. The molecule has 2 rings (SSSR count). The van der Waals surface area contributed by atoms with Gasteiger partial charge in [0.25, 0.3) is 0 Å². The standard InChI is InChI=1S/C14H14BrFN2O3/c1-3-9(14(19)20-4-2)13-17-12(18-21-13)10-6-5-8(16)7-11(10)15/h5-7,9H,3-4H2,1-2H3. The number of hydrogen-bond donors (Lipinski definition) is 0. The number of ether oxygens (including phenoxy) is 1. The van der Waals surface area contributed by atoms with Crippen LogP contribution in [0.2, 0.25) is 0 Å². The summed E-state index contributed by atoms with van der Waals surface area (Å²) >= 11 is 3.25. The van der Waals surface area contributed by atoms with Gasteiger partial charge in [0.2, 0.25) is 11.7 Å². The molecule has 0 fully saturated rings. The van der Waals surface area contributed by atoms with Gasteiger partial charge in [0.05, 0.1) is 6.61 Å². The quantitative estimate of drug-likeness (QED) is 0.764. The number of aromatic nitrogens is 2. The predicted molar refractivity (Wildman–Crippen MR) is 77.1 cm³/mol. The SMILES string of the molecule is CCOC(=O)C(CC)c1nc(-c2ccc(F)cc2Br)no1. The Hall–Kier alpha value is -1.76. The molecule has 0 aliphatic carbocycles. The van der Waals surface area contributed by atoms with Crippen molar-refractivity contribution in [1.29, 1.82) is 0 Å². The minimum absolute atomic E-state index is 0.196. The molecule has 0 N–H and O–H groups in total. The molecule has 0 aliphatic heterocycles. The Morgan fingerprint density at radius 2 is 2.24 bits per heavy atom. The minimum atomic E-state index is -0.592. The van der Waals surface area contributed by atoms with Gasteiger partial charge >= 0.3 is 5.97 Å². The first kappa shape index (κ1) is 15.6. The van der Waals surface area contributed by atoms with Crippen LogP contribution >= 0.6 is 15.9 Å². The summed E-state index contributed by atoms with van der Waals surface area (Å²) in [7, 11) is 0. The van der Waals surface area contributed by atoms with Gasteiger partial charge in [-0.15, -0.1) is 0 Å². The molecule has 0 radical (unpaired) electrons. The van der Waals surface area contributed by atoms with Gasteiger partial charge in [0.15, 0.2) is 0 Å². The zero-order valence-electron chi connectivity index (χ0n) is 11.6. The molecule has 0 bridgehead atoms. The zero-order valence-corrected chi connectivity index (χ0v) is 13.2. The van der Waals surface area contributed by atoms with Crippen LogP contribution in [0.25, 0.3) is 11.4 Å². The number of esters is 1. The summed E-state index contributed by atoms with van der Waals surface area (Å²) < 4.78 is 23.7. The van der Waals surface area contributed by atoms with Crippen LogP contribution < -0.4 is 0 Å². The fourth-order valence-corrected chi connectivity index (χ4v) is 2.37. The molecule has 1 aromatic carbocycles. The second-order valence-corrected chi connectivity index (χ2v) is 5.15.